The molecule has 0 atom stereocenters. The second-order valence-corrected chi connectivity index (χ2v) is 9.28. The predicted octanol–water partition coefficient (Wildman–Crippen LogP) is 6.75. The van der Waals surface area contributed by atoms with Crippen molar-refractivity contribution in [3.8, 4) is 11.3 Å². The molecule has 6 heteroatoms. The van der Waals surface area contributed by atoms with Gasteiger partial charge in [0.2, 0.25) is 0 Å². The van der Waals surface area contributed by atoms with Crippen LogP contribution in [0, 0.1) is 17.7 Å². The first-order chi connectivity index (χ1) is 16.0. The van der Waals surface area contributed by atoms with E-state index in [-0.39, 0.29) is 5.82 Å². The van der Waals surface area contributed by atoms with Crippen molar-refractivity contribution in [1.29, 1.82) is 0 Å². The number of hydrogen-bond donors (Lipinski definition) is 2. The minimum Gasteiger partial charge on any atom is -0.366 e. The maximum Gasteiger partial charge on any atom is 0.126 e. The van der Waals surface area contributed by atoms with Crippen molar-refractivity contribution < 1.29 is 4.39 Å². The van der Waals surface area contributed by atoms with Crippen molar-refractivity contribution in [1.82, 2.24) is 15.3 Å². The summed E-state index contributed by atoms with van der Waals surface area (Å²) in [6.07, 6.45) is 7.91. The van der Waals surface area contributed by atoms with Gasteiger partial charge in [-0.25, -0.2) is 9.37 Å². The van der Waals surface area contributed by atoms with E-state index >= 15 is 0 Å². The summed E-state index contributed by atoms with van der Waals surface area (Å²) in [5.74, 6) is 2.05. The highest BCUT2D eigenvalue weighted by Gasteiger charge is 2.19. The van der Waals surface area contributed by atoms with Gasteiger partial charge in [-0.15, -0.1) is 0 Å². The third-order valence-electron chi connectivity index (χ3n) is 5.93. The van der Waals surface area contributed by atoms with Crippen molar-refractivity contribution in [2.24, 2.45) is 11.8 Å². The van der Waals surface area contributed by atoms with Crippen LogP contribution in [0.15, 0.2) is 54.7 Å². The van der Waals surface area contributed by atoms with Crippen LogP contribution in [0.3, 0.4) is 0 Å². The Morgan fingerprint density at radius 3 is 2.48 bits per heavy atom. The molecule has 1 aromatic carbocycles. The SMILES string of the molecule is CC1CCC(Cc2cc(-c3cccc(NCc4cccc(F)c4)n3)c(Cl)cn2)CC1.CNC. The topological polar surface area (TPSA) is 49.8 Å². The second-order valence-electron chi connectivity index (χ2n) is 8.88. The van der Waals surface area contributed by atoms with Crippen molar-refractivity contribution in [2.45, 2.75) is 45.6 Å². The summed E-state index contributed by atoms with van der Waals surface area (Å²) in [5, 5.41) is 6.62. The first-order valence-electron chi connectivity index (χ1n) is 11.7. The Hall–Kier alpha value is -2.50. The van der Waals surface area contributed by atoms with Crippen molar-refractivity contribution in [3.05, 3.63) is 76.8 Å². The monoisotopic (exact) mass is 468 g/mol. The normalized spacial score (nSPS) is 17.7. The largest absolute Gasteiger partial charge is 0.366 e. The third-order valence-corrected chi connectivity index (χ3v) is 6.23. The number of pyridine rings is 2. The van der Waals surface area contributed by atoms with Crippen LogP contribution in [-0.2, 0) is 13.0 Å². The number of halogens is 2. The Bertz CT molecular complexity index is 1020. The molecule has 1 aliphatic carbocycles. The highest BCUT2D eigenvalue weighted by molar-refractivity contribution is 6.33. The van der Waals surface area contributed by atoms with Crippen molar-refractivity contribution in [3.63, 3.8) is 0 Å². The Balaban J connectivity index is 0.000000968. The van der Waals surface area contributed by atoms with Gasteiger partial charge in [-0.3, -0.25) is 4.98 Å². The lowest BCUT2D eigenvalue weighted by Crippen LogP contribution is -2.15. The van der Waals surface area contributed by atoms with Crippen molar-refractivity contribution in [2.75, 3.05) is 19.4 Å². The van der Waals surface area contributed by atoms with E-state index in [1.165, 1.54) is 37.8 Å². The second kappa shape index (κ2) is 12.7. The predicted molar refractivity (Wildman–Crippen MR) is 136 cm³/mol. The standard InChI is InChI=1S/C25H27ClFN3.C2H7N/c1-17-8-10-18(11-9-17)13-21-14-22(23(26)16-28-21)24-6-3-7-25(30-24)29-15-19-4-2-5-20(27)12-19;1-3-2/h2-7,12,14,16-18H,8-11,13,15H2,1H3,(H,29,30);3H,1-2H3. The molecule has 0 amide bonds. The van der Waals surface area contributed by atoms with E-state index in [0.717, 1.165) is 40.7 Å². The molecular weight excluding hydrogens is 435 g/mol. The van der Waals surface area contributed by atoms with E-state index in [2.05, 4.69) is 28.6 Å². The number of benzene rings is 1. The van der Waals surface area contributed by atoms with Gasteiger partial charge in [0.1, 0.15) is 11.6 Å². The number of aromatic nitrogens is 2. The van der Waals surface area contributed by atoms with Crippen LogP contribution < -0.4 is 10.6 Å². The van der Waals surface area contributed by atoms with Gasteiger partial charge in [-0.05, 0) is 81.1 Å². The Morgan fingerprint density at radius 2 is 1.76 bits per heavy atom. The molecule has 0 radical (unpaired) electrons. The van der Waals surface area contributed by atoms with Crippen LogP contribution in [0.2, 0.25) is 5.02 Å². The zero-order valence-corrected chi connectivity index (χ0v) is 20.5. The molecule has 1 aliphatic rings. The summed E-state index contributed by atoms with van der Waals surface area (Å²) in [6.45, 7) is 2.85. The Kier molecular flexibility index (Phi) is 9.64. The van der Waals surface area contributed by atoms with Crippen molar-refractivity contribution >= 4 is 17.4 Å². The fourth-order valence-corrected chi connectivity index (χ4v) is 4.34. The minimum absolute atomic E-state index is 0.237. The highest BCUT2D eigenvalue weighted by Crippen LogP contribution is 2.32. The average molecular weight is 469 g/mol. The summed E-state index contributed by atoms with van der Waals surface area (Å²) in [4.78, 5) is 9.30. The number of rotatable bonds is 6. The molecule has 33 heavy (non-hydrogen) atoms. The number of nitrogens with zero attached hydrogens (tertiary/aromatic N) is 2. The van der Waals surface area contributed by atoms with Crippen LogP contribution in [0.5, 0.6) is 0 Å². The molecule has 0 unspecified atom stereocenters. The number of hydrogen-bond acceptors (Lipinski definition) is 4. The van der Waals surface area contributed by atoms with Gasteiger partial charge in [0.25, 0.3) is 0 Å². The van der Waals surface area contributed by atoms with E-state index < -0.39 is 0 Å². The molecule has 2 heterocycles. The molecule has 0 aliphatic heterocycles. The molecule has 2 aromatic heterocycles. The van der Waals surface area contributed by atoms with Gasteiger partial charge in [-0.2, -0.15) is 0 Å². The molecule has 3 aromatic rings. The van der Waals surface area contributed by atoms with E-state index in [1.54, 1.807) is 12.3 Å². The molecule has 0 saturated heterocycles. The van der Waals surface area contributed by atoms with Crippen LogP contribution >= 0.6 is 11.6 Å². The number of anilines is 1. The molecule has 1 saturated carbocycles. The van der Waals surface area contributed by atoms with Crippen LogP contribution in [-0.4, -0.2) is 24.1 Å². The third kappa shape index (κ3) is 7.79. The maximum absolute atomic E-state index is 13.4. The molecule has 176 valence electrons. The zero-order valence-electron chi connectivity index (χ0n) is 19.7. The molecule has 4 nitrogen and oxygen atoms in total. The van der Waals surface area contributed by atoms with Gasteiger partial charge in [0, 0.05) is 24.0 Å². The lowest BCUT2D eigenvalue weighted by molar-refractivity contribution is 0.287. The molecule has 1 fully saturated rings. The summed E-state index contributed by atoms with van der Waals surface area (Å²) in [5.41, 5.74) is 3.66. The summed E-state index contributed by atoms with van der Waals surface area (Å²) in [7, 11) is 3.75. The zero-order chi connectivity index (χ0) is 23.6. The van der Waals surface area contributed by atoms with Gasteiger partial charge in [0.05, 0.1) is 10.7 Å². The fraction of sp³-hybridized carbons (Fsp3) is 0.407. The molecule has 2 N–H and O–H groups in total. The smallest absolute Gasteiger partial charge is 0.126 e. The summed E-state index contributed by atoms with van der Waals surface area (Å²) < 4.78 is 13.4. The first kappa shape index (κ1) is 25.1. The van der Waals surface area contributed by atoms with E-state index in [9.17, 15) is 4.39 Å². The van der Waals surface area contributed by atoms with Crippen LogP contribution in [0.1, 0.15) is 43.9 Å². The molecule has 0 bridgehead atoms. The van der Waals surface area contributed by atoms with E-state index in [0.29, 0.717) is 17.5 Å². The Morgan fingerprint density at radius 1 is 1.03 bits per heavy atom. The van der Waals surface area contributed by atoms with Crippen LogP contribution in [0.4, 0.5) is 10.2 Å². The molecule has 0 spiro atoms. The lowest BCUT2D eigenvalue weighted by Gasteiger charge is -2.25. The number of nitrogens with one attached hydrogen (secondary N) is 2. The van der Waals surface area contributed by atoms with E-state index in [4.69, 9.17) is 16.6 Å². The fourth-order valence-electron chi connectivity index (χ4n) is 4.14. The van der Waals surface area contributed by atoms with Gasteiger partial charge in [-0.1, -0.05) is 49.6 Å². The minimum atomic E-state index is -0.237. The lowest BCUT2D eigenvalue weighted by atomic mass is 9.81. The summed E-state index contributed by atoms with van der Waals surface area (Å²) in [6, 6.07) is 14.5. The quantitative estimate of drug-likeness (QED) is 0.420. The van der Waals surface area contributed by atoms with Crippen LogP contribution in [0.25, 0.3) is 11.3 Å². The van der Waals surface area contributed by atoms with Gasteiger partial charge < -0.3 is 10.6 Å². The summed E-state index contributed by atoms with van der Waals surface area (Å²) >= 11 is 6.47. The molecular formula is C27H34ClFN4. The molecule has 4 rings (SSSR count). The Labute approximate surface area is 202 Å². The first-order valence-corrected chi connectivity index (χ1v) is 12.0. The van der Waals surface area contributed by atoms with E-state index in [1.807, 2.05) is 38.4 Å². The maximum atomic E-state index is 13.4. The van der Waals surface area contributed by atoms with Gasteiger partial charge in [0.15, 0.2) is 0 Å². The highest BCUT2D eigenvalue weighted by atomic mass is 35.5. The van der Waals surface area contributed by atoms with Gasteiger partial charge >= 0.3 is 0 Å². The average Bonchev–Trinajstić information content (AvgIpc) is 2.81.